The van der Waals surface area contributed by atoms with Crippen LogP contribution in [0.15, 0.2) is 24.3 Å². The summed E-state index contributed by atoms with van der Waals surface area (Å²) in [6, 6.07) is 7.96. The van der Waals surface area contributed by atoms with Gasteiger partial charge in [-0.25, -0.2) is 0 Å². The Hall–Kier alpha value is -1.55. The van der Waals surface area contributed by atoms with Crippen LogP contribution in [0.2, 0.25) is 0 Å². The molecule has 20 heavy (non-hydrogen) atoms. The highest BCUT2D eigenvalue weighted by atomic mass is 16.3. The van der Waals surface area contributed by atoms with E-state index >= 15 is 0 Å². The van der Waals surface area contributed by atoms with Crippen molar-refractivity contribution in [2.24, 2.45) is 0 Å². The molecule has 0 saturated heterocycles. The van der Waals surface area contributed by atoms with Crippen LogP contribution in [-0.2, 0) is 0 Å². The number of aliphatic hydroxyl groups is 1. The Morgan fingerprint density at radius 2 is 2.00 bits per heavy atom. The molecule has 1 fully saturated rings. The van der Waals surface area contributed by atoms with Gasteiger partial charge in [0.25, 0.3) is 5.91 Å². The second kappa shape index (κ2) is 6.75. The third-order valence-electron chi connectivity index (χ3n) is 3.98. The van der Waals surface area contributed by atoms with Crippen LogP contribution < -0.4 is 4.90 Å². The second-order valence-electron chi connectivity index (χ2n) is 5.61. The molecule has 1 aliphatic carbocycles. The SMILES string of the molecule is CN(C)c1cccc(C(=O)N(CCO)C2CCCC2)c1. The van der Waals surface area contributed by atoms with E-state index in [1.165, 1.54) is 12.8 Å². The lowest BCUT2D eigenvalue weighted by Crippen LogP contribution is -2.40. The molecular formula is C16H24N2O2. The van der Waals surface area contributed by atoms with Crippen LogP contribution in [0.25, 0.3) is 0 Å². The first-order chi connectivity index (χ1) is 9.63. The third kappa shape index (κ3) is 3.31. The van der Waals surface area contributed by atoms with Gasteiger partial charge >= 0.3 is 0 Å². The lowest BCUT2D eigenvalue weighted by molar-refractivity contribution is 0.0638. The van der Waals surface area contributed by atoms with Crippen molar-refractivity contribution < 1.29 is 9.90 Å². The molecule has 1 aromatic rings. The quantitative estimate of drug-likeness (QED) is 0.896. The Kier molecular flexibility index (Phi) is 5.01. The summed E-state index contributed by atoms with van der Waals surface area (Å²) >= 11 is 0. The minimum atomic E-state index is 0.0234. The molecule has 1 N–H and O–H groups in total. The largest absolute Gasteiger partial charge is 0.395 e. The fraction of sp³-hybridized carbons (Fsp3) is 0.562. The highest BCUT2D eigenvalue weighted by Gasteiger charge is 2.27. The van der Waals surface area contributed by atoms with Crippen molar-refractivity contribution in [2.75, 3.05) is 32.1 Å². The van der Waals surface area contributed by atoms with Crippen LogP contribution in [0.5, 0.6) is 0 Å². The summed E-state index contributed by atoms with van der Waals surface area (Å²) in [7, 11) is 3.93. The van der Waals surface area contributed by atoms with E-state index < -0.39 is 0 Å². The summed E-state index contributed by atoms with van der Waals surface area (Å²) in [4.78, 5) is 16.5. The van der Waals surface area contributed by atoms with E-state index in [0.29, 0.717) is 12.1 Å². The van der Waals surface area contributed by atoms with Gasteiger partial charge in [0.15, 0.2) is 0 Å². The molecular weight excluding hydrogens is 252 g/mol. The van der Waals surface area contributed by atoms with Crippen molar-refractivity contribution in [3.8, 4) is 0 Å². The predicted molar refractivity (Wildman–Crippen MR) is 81.1 cm³/mol. The summed E-state index contributed by atoms with van der Waals surface area (Å²) in [5.74, 6) is 0.0367. The van der Waals surface area contributed by atoms with Crippen LogP contribution in [0.1, 0.15) is 36.0 Å². The summed E-state index contributed by atoms with van der Waals surface area (Å²) in [5, 5.41) is 9.23. The van der Waals surface area contributed by atoms with E-state index in [9.17, 15) is 9.90 Å². The van der Waals surface area contributed by atoms with Gasteiger partial charge in [0.05, 0.1) is 6.61 Å². The number of aliphatic hydroxyl groups excluding tert-OH is 1. The van der Waals surface area contributed by atoms with E-state index in [-0.39, 0.29) is 18.6 Å². The molecule has 1 aromatic carbocycles. The van der Waals surface area contributed by atoms with Crippen molar-refractivity contribution in [3.63, 3.8) is 0 Å². The third-order valence-corrected chi connectivity index (χ3v) is 3.98. The van der Waals surface area contributed by atoms with Crippen molar-refractivity contribution in [1.29, 1.82) is 0 Å². The minimum absolute atomic E-state index is 0.0234. The molecule has 110 valence electrons. The second-order valence-corrected chi connectivity index (χ2v) is 5.61. The van der Waals surface area contributed by atoms with E-state index in [0.717, 1.165) is 18.5 Å². The average Bonchev–Trinajstić information content (AvgIpc) is 2.98. The lowest BCUT2D eigenvalue weighted by atomic mass is 10.1. The summed E-state index contributed by atoms with van der Waals surface area (Å²) in [5.41, 5.74) is 1.72. The maximum absolute atomic E-state index is 12.7. The first-order valence-electron chi connectivity index (χ1n) is 7.32. The minimum Gasteiger partial charge on any atom is -0.395 e. The van der Waals surface area contributed by atoms with Gasteiger partial charge < -0.3 is 14.9 Å². The fourth-order valence-electron chi connectivity index (χ4n) is 2.86. The standard InChI is InChI=1S/C16H24N2O2/c1-17(2)15-9-5-6-13(12-15)16(20)18(10-11-19)14-7-3-4-8-14/h5-6,9,12,14,19H,3-4,7-8,10-11H2,1-2H3. The molecule has 0 aliphatic heterocycles. The maximum atomic E-state index is 12.7. The molecule has 2 rings (SSSR count). The Morgan fingerprint density at radius 1 is 1.30 bits per heavy atom. The zero-order chi connectivity index (χ0) is 14.5. The maximum Gasteiger partial charge on any atom is 0.254 e. The average molecular weight is 276 g/mol. The monoisotopic (exact) mass is 276 g/mol. The number of nitrogens with zero attached hydrogens (tertiary/aromatic N) is 2. The van der Waals surface area contributed by atoms with E-state index in [1.807, 2.05) is 48.2 Å². The molecule has 0 spiro atoms. The van der Waals surface area contributed by atoms with Crippen LogP contribution in [0, 0.1) is 0 Å². The van der Waals surface area contributed by atoms with Gasteiger partial charge in [0, 0.05) is 37.9 Å². The lowest BCUT2D eigenvalue weighted by Gasteiger charge is -2.28. The van der Waals surface area contributed by atoms with Gasteiger partial charge in [-0.2, -0.15) is 0 Å². The van der Waals surface area contributed by atoms with Crippen LogP contribution in [0.3, 0.4) is 0 Å². The topological polar surface area (TPSA) is 43.8 Å². The number of rotatable bonds is 5. The van der Waals surface area contributed by atoms with Gasteiger partial charge in [-0.05, 0) is 31.0 Å². The van der Waals surface area contributed by atoms with Gasteiger partial charge in [0.2, 0.25) is 0 Å². The zero-order valence-corrected chi connectivity index (χ0v) is 12.4. The molecule has 1 aliphatic rings. The highest BCUT2D eigenvalue weighted by Crippen LogP contribution is 2.25. The number of carbonyl (C=O) groups excluding carboxylic acids is 1. The Balaban J connectivity index is 2.20. The van der Waals surface area contributed by atoms with Crippen molar-refractivity contribution >= 4 is 11.6 Å². The molecule has 4 heteroatoms. The first-order valence-corrected chi connectivity index (χ1v) is 7.32. The van der Waals surface area contributed by atoms with Gasteiger partial charge in [-0.3, -0.25) is 4.79 Å². The summed E-state index contributed by atoms with van der Waals surface area (Å²) in [6.45, 7) is 0.450. The number of anilines is 1. The highest BCUT2D eigenvalue weighted by molar-refractivity contribution is 5.95. The molecule has 0 radical (unpaired) electrons. The van der Waals surface area contributed by atoms with Crippen molar-refractivity contribution in [2.45, 2.75) is 31.7 Å². The molecule has 0 bridgehead atoms. The molecule has 1 amide bonds. The van der Waals surface area contributed by atoms with Crippen LogP contribution in [0.4, 0.5) is 5.69 Å². The van der Waals surface area contributed by atoms with Crippen LogP contribution >= 0.6 is 0 Å². The number of carbonyl (C=O) groups is 1. The number of benzene rings is 1. The number of amides is 1. The van der Waals surface area contributed by atoms with E-state index in [2.05, 4.69) is 0 Å². The van der Waals surface area contributed by atoms with Crippen molar-refractivity contribution in [3.05, 3.63) is 29.8 Å². The molecule has 1 saturated carbocycles. The first kappa shape index (κ1) is 14.9. The van der Waals surface area contributed by atoms with Gasteiger partial charge in [-0.15, -0.1) is 0 Å². The zero-order valence-electron chi connectivity index (χ0n) is 12.4. The molecule has 4 nitrogen and oxygen atoms in total. The summed E-state index contributed by atoms with van der Waals surface area (Å²) in [6.07, 6.45) is 4.47. The normalized spacial score (nSPS) is 15.3. The molecule has 0 aromatic heterocycles. The van der Waals surface area contributed by atoms with Crippen LogP contribution in [-0.4, -0.2) is 49.2 Å². The Bertz CT molecular complexity index is 454. The molecule has 0 atom stereocenters. The molecule has 0 heterocycles. The van der Waals surface area contributed by atoms with E-state index in [4.69, 9.17) is 0 Å². The Morgan fingerprint density at radius 3 is 2.60 bits per heavy atom. The smallest absolute Gasteiger partial charge is 0.254 e. The fourth-order valence-corrected chi connectivity index (χ4v) is 2.86. The van der Waals surface area contributed by atoms with Gasteiger partial charge in [0.1, 0.15) is 0 Å². The number of hydrogen-bond acceptors (Lipinski definition) is 3. The number of hydrogen-bond donors (Lipinski definition) is 1. The summed E-state index contributed by atoms with van der Waals surface area (Å²) < 4.78 is 0. The molecule has 0 unspecified atom stereocenters. The van der Waals surface area contributed by atoms with E-state index in [1.54, 1.807) is 0 Å². The Labute approximate surface area is 121 Å². The van der Waals surface area contributed by atoms with Gasteiger partial charge in [-0.1, -0.05) is 18.9 Å². The predicted octanol–water partition coefficient (Wildman–Crippen LogP) is 2.13. The van der Waals surface area contributed by atoms with Crippen molar-refractivity contribution in [1.82, 2.24) is 4.90 Å².